The molecule has 160 valence electrons. The van der Waals surface area contributed by atoms with Gasteiger partial charge in [0, 0.05) is 16.4 Å². The maximum atomic E-state index is 12.9. The molecule has 2 aromatic rings. The number of hydrogen-bond donors (Lipinski definition) is 3. The highest BCUT2D eigenvalue weighted by Crippen LogP contribution is 2.46. The van der Waals surface area contributed by atoms with Gasteiger partial charge in [-0.1, -0.05) is 35.4 Å². The maximum Gasteiger partial charge on any atom is 0.252 e. The van der Waals surface area contributed by atoms with Gasteiger partial charge in [-0.3, -0.25) is 9.59 Å². The lowest BCUT2D eigenvalue weighted by atomic mass is 9.75. The van der Waals surface area contributed by atoms with Crippen LogP contribution < -0.4 is 16.4 Å². The van der Waals surface area contributed by atoms with Crippen LogP contribution in [-0.2, 0) is 14.3 Å². The molecule has 2 aliphatic heterocycles. The van der Waals surface area contributed by atoms with Crippen LogP contribution >= 0.6 is 23.2 Å². The Morgan fingerprint density at radius 1 is 1.16 bits per heavy atom. The minimum atomic E-state index is -1.11. The topological polar surface area (TPSA) is 111 Å². The Kier molecular flexibility index (Phi) is 5.75. The summed E-state index contributed by atoms with van der Waals surface area (Å²) in [7, 11) is 0. The number of halogens is 2. The SMILES string of the molecule is Nc1ccc(NC(=O)C2C3C=CC(CNC(=O)c4ccc(Cl)cc4Cl)(O3)C2C=O)cc1. The highest BCUT2D eigenvalue weighted by molar-refractivity contribution is 6.36. The number of carbonyl (C=O) groups excluding carboxylic acids is 3. The summed E-state index contributed by atoms with van der Waals surface area (Å²) in [4.78, 5) is 37.5. The summed E-state index contributed by atoms with van der Waals surface area (Å²) in [5.74, 6) is -2.27. The predicted molar refractivity (Wildman–Crippen MR) is 118 cm³/mol. The van der Waals surface area contributed by atoms with Crippen molar-refractivity contribution in [1.29, 1.82) is 0 Å². The van der Waals surface area contributed by atoms with Gasteiger partial charge in [-0.2, -0.15) is 0 Å². The highest BCUT2D eigenvalue weighted by Gasteiger charge is 2.59. The van der Waals surface area contributed by atoms with Crippen LogP contribution in [0.25, 0.3) is 0 Å². The molecule has 2 amide bonds. The van der Waals surface area contributed by atoms with Crippen molar-refractivity contribution < 1.29 is 19.1 Å². The first-order valence-corrected chi connectivity index (χ1v) is 10.3. The van der Waals surface area contributed by atoms with Crippen molar-refractivity contribution in [3.8, 4) is 0 Å². The molecule has 0 aliphatic carbocycles. The van der Waals surface area contributed by atoms with Crippen LogP contribution in [0.15, 0.2) is 54.6 Å². The van der Waals surface area contributed by atoms with Gasteiger partial charge in [-0.25, -0.2) is 0 Å². The van der Waals surface area contributed by atoms with E-state index in [1.54, 1.807) is 42.5 Å². The van der Waals surface area contributed by atoms with Crippen LogP contribution in [0, 0.1) is 11.8 Å². The summed E-state index contributed by atoms with van der Waals surface area (Å²) in [5.41, 5.74) is 5.95. The van der Waals surface area contributed by atoms with E-state index in [0.717, 1.165) is 0 Å². The minimum absolute atomic E-state index is 0.00679. The second-order valence-corrected chi connectivity index (χ2v) is 8.35. The van der Waals surface area contributed by atoms with Crippen LogP contribution in [0.5, 0.6) is 0 Å². The lowest BCUT2D eigenvalue weighted by molar-refractivity contribution is -0.125. The Hall–Kier alpha value is -2.87. The van der Waals surface area contributed by atoms with Gasteiger partial charge in [0.15, 0.2) is 0 Å². The number of fused-ring (bicyclic) bond motifs is 2. The molecule has 4 rings (SSSR count). The third-order valence-electron chi connectivity index (χ3n) is 5.56. The first-order valence-electron chi connectivity index (χ1n) is 9.55. The maximum absolute atomic E-state index is 12.9. The summed E-state index contributed by atoms with van der Waals surface area (Å²) in [6.45, 7) is 0.00679. The molecule has 7 nitrogen and oxygen atoms in total. The average molecular weight is 460 g/mol. The van der Waals surface area contributed by atoms with Gasteiger partial charge in [0.25, 0.3) is 5.91 Å². The van der Waals surface area contributed by atoms with Gasteiger partial charge in [-0.05, 0) is 42.5 Å². The van der Waals surface area contributed by atoms with Crippen LogP contribution in [0.4, 0.5) is 11.4 Å². The molecule has 1 saturated heterocycles. The molecule has 0 aromatic heterocycles. The van der Waals surface area contributed by atoms with E-state index in [0.29, 0.717) is 22.7 Å². The Morgan fingerprint density at radius 3 is 2.58 bits per heavy atom. The van der Waals surface area contributed by atoms with Crippen molar-refractivity contribution in [2.75, 3.05) is 17.6 Å². The van der Waals surface area contributed by atoms with E-state index in [1.165, 1.54) is 12.1 Å². The number of amides is 2. The van der Waals surface area contributed by atoms with Crippen LogP contribution in [0.2, 0.25) is 10.0 Å². The van der Waals surface area contributed by atoms with Gasteiger partial charge in [-0.15, -0.1) is 0 Å². The lowest BCUT2D eigenvalue weighted by Crippen LogP contribution is -2.48. The number of nitrogens with one attached hydrogen (secondary N) is 2. The zero-order chi connectivity index (χ0) is 22.2. The fourth-order valence-corrected chi connectivity index (χ4v) is 4.48. The molecule has 2 heterocycles. The number of hydrogen-bond acceptors (Lipinski definition) is 5. The number of aldehydes is 1. The number of benzene rings is 2. The standard InChI is InChI=1S/C22H19Cl2N3O4/c23-12-1-6-15(17(24)9-12)20(29)26-11-22-8-7-18(31-22)19(16(22)10-28)21(30)27-14-4-2-13(25)3-5-14/h1-10,16,18-19H,11,25H2,(H,26,29)(H,27,30). The quantitative estimate of drug-likeness (QED) is 0.349. The van der Waals surface area contributed by atoms with Crippen molar-refractivity contribution in [3.05, 3.63) is 70.2 Å². The monoisotopic (exact) mass is 459 g/mol. The van der Waals surface area contributed by atoms with Gasteiger partial charge < -0.3 is 25.9 Å². The first kappa shape index (κ1) is 21.4. The van der Waals surface area contributed by atoms with E-state index in [2.05, 4.69) is 10.6 Å². The smallest absolute Gasteiger partial charge is 0.252 e. The molecule has 2 aromatic carbocycles. The number of rotatable bonds is 6. The summed E-state index contributed by atoms with van der Waals surface area (Å²) >= 11 is 12.0. The summed E-state index contributed by atoms with van der Waals surface area (Å²) < 4.78 is 6.00. The summed E-state index contributed by atoms with van der Waals surface area (Å²) in [6, 6.07) is 11.2. The van der Waals surface area contributed by atoms with E-state index in [1.807, 2.05) is 0 Å². The van der Waals surface area contributed by atoms with E-state index in [4.69, 9.17) is 33.7 Å². The van der Waals surface area contributed by atoms with E-state index in [-0.39, 0.29) is 23.0 Å². The average Bonchev–Trinajstić information content (AvgIpc) is 3.30. The molecule has 1 fully saturated rings. The molecule has 0 saturated carbocycles. The van der Waals surface area contributed by atoms with Crippen LogP contribution in [0.1, 0.15) is 10.4 Å². The van der Waals surface area contributed by atoms with Crippen molar-refractivity contribution in [1.82, 2.24) is 5.32 Å². The normalized spacial score (nSPS) is 25.9. The molecule has 4 unspecified atom stereocenters. The van der Waals surface area contributed by atoms with E-state index >= 15 is 0 Å². The lowest BCUT2D eigenvalue weighted by Gasteiger charge is -2.29. The fourth-order valence-electron chi connectivity index (χ4n) is 3.99. The molecule has 4 N–H and O–H groups in total. The minimum Gasteiger partial charge on any atom is -0.399 e. The Labute approximate surface area is 188 Å². The fraction of sp³-hybridized carbons (Fsp3) is 0.227. The molecule has 2 aliphatic rings. The zero-order valence-corrected chi connectivity index (χ0v) is 17.7. The Bertz CT molecular complexity index is 1070. The third kappa shape index (κ3) is 4.04. The van der Waals surface area contributed by atoms with Crippen molar-refractivity contribution in [2.24, 2.45) is 11.8 Å². The number of nitrogens with two attached hydrogens (primary N) is 1. The number of ether oxygens (including phenoxy) is 1. The molecule has 2 bridgehead atoms. The summed E-state index contributed by atoms with van der Waals surface area (Å²) in [6.07, 6.45) is 3.61. The molecule has 31 heavy (non-hydrogen) atoms. The van der Waals surface area contributed by atoms with Crippen molar-refractivity contribution >= 4 is 52.7 Å². The third-order valence-corrected chi connectivity index (χ3v) is 6.10. The van der Waals surface area contributed by atoms with E-state index in [9.17, 15) is 14.4 Å². The van der Waals surface area contributed by atoms with Crippen molar-refractivity contribution in [2.45, 2.75) is 11.7 Å². The molecule has 0 spiro atoms. The second kappa shape index (κ2) is 8.34. The zero-order valence-electron chi connectivity index (χ0n) is 16.2. The molecular formula is C22H19Cl2N3O4. The highest BCUT2D eigenvalue weighted by atomic mass is 35.5. The molecule has 4 atom stereocenters. The Balaban J connectivity index is 1.48. The predicted octanol–water partition coefficient (Wildman–Crippen LogP) is 3.08. The van der Waals surface area contributed by atoms with Crippen LogP contribution in [0.3, 0.4) is 0 Å². The number of carbonyl (C=O) groups is 3. The Morgan fingerprint density at radius 2 is 1.90 bits per heavy atom. The van der Waals surface area contributed by atoms with Crippen molar-refractivity contribution in [3.63, 3.8) is 0 Å². The molecule has 0 radical (unpaired) electrons. The number of anilines is 2. The largest absolute Gasteiger partial charge is 0.399 e. The first-order chi connectivity index (χ1) is 14.8. The van der Waals surface area contributed by atoms with Crippen LogP contribution in [-0.4, -0.2) is 36.4 Å². The van der Waals surface area contributed by atoms with Gasteiger partial charge in [0.1, 0.15) is 11.9 Å². The van der Waals surface area contributed by atoms with E-state index < -0.39 is 29.4 Å². The van der Waals surface area contributed by atoms with Gasteiger partial charge >= 0.3 is 0 Å². The second-order valence-electron chi connectivity index (χ2n) is 7.50. The number of nitrogen functional groups attached to an aromatic ring is 1. The van der Waals surface area contributed by atoms with Gasteiger partial charge in [0.05, 0.1) is 35.1 Å². The molecule has 9 heteroatoms. The molecular weight excluding hydrogens is 441 g/mol. The summed E-state index contributed by atoms with van der Waals surface area (Å²) in [5, 5.41) is 6.17. The van der Waals surface area contributed by atoms with Gasteiger partial charge in [0.2, 0.25) is 5.91 Å².